The van der Waals surface area contributed by atoms with E-state index in [1.807, 2.05) is 30.3 Å². The molecule has 0 unspecified atom stereocenters. The van der Waals surface area contributed by atoms with Gasteiger partial charge in [0.15, 0.2) is 11.5 Å². The molecule has 16 heavy (non-hydrogen) atoms. The zero-order chi connectivity index (χ0) is 11.1. The Bertz CT molecular complexity index is 561. The molecule has 2 aromatic carbocycles. The van der Waals surface area contributed by atoms with Crippen LogP contribution in [0.25, 0.3) is 0 Å². The van der Waals surface area contributed by atoms with Crippen molar-refractivity contribution in [3.8, 4) is 11.5 Å². The molecule has 0 aromatic heterocycles. The molecule has 1 aliphatic heterocycles. The van der Waals surface area contributed by atoms with Crippen molar-refractivity contribution in [2.24, 2.45) is 0 Å². The van der Waals surface area contributed by atoms with E-state index in [1.54, 1.807) is 0 Å². The minimum Gasteiger partial charge on any atom is -0.453 e. The number of fused-ring (bicyclic) bond motifs is 2. The van der Waals surface area contributed by atoms with Gasteiger partial charge in [-0.3, -0.25) is 0 Å². The number of aryl methyl sites for hydroxylation is 1. The lowest BCUT2D eigenvalue weighted by atomic mass is 10.1. The van der Waals surface area contributed by atoms with Gasteiger partial charge in [-0.2, -0.15) is 0 Å². The maximum Gasteiger partial charge on any atom is 0.153 e. The van der Waals surface area contributed by atoms with Crippen molar-refractivity contribution in [2.75, 3.05) is 0 Å². The van der Waals surface area contributed by atoms with Crippen LogP contribution in [0.15, 0.2) is 36.4 Å². The van der Waals surface area contributed by atoms with E-state index >= 15 is 0 Å². The minimum atomic E-state index is 0.832. The Morgan fingerprint density at radius 2 is 1.75 bits per heavy atom. The van der Waals surface area contributed by atoms with Gasteiger partial charge in [0.1, 0.15) is 11.4 Å². The molecule has 0 spiro atoms. The molecule has 0 N–H and O–H groups in total. The number of nitrogens with zero attached hydrogens (tertiary/aromatic N) is 1. The molecule has 0 atom stereocenters. The molecule has 79 valence electrons. The van der Waals surface area contributed by atoms with Gasteiger partial charge in [0.2, 0.25) is 0 Å². The fraction of sp³-hybridized carbons (Fsp3) is 0.143. The van der Waals surface area contributed by atoms with Crippen LogP contribution in [0.3, 0.4) is 0 Å². The van der Waals surface area contributed by atoms with Crippen LogP contribution >= 0.6 is 0 Å². The Kier molecular flexibility index (Phi) is 1.90. The molecule has 0 amide bonds. The number of rotatable bonds is 0. The van der Waals surface area contributed by atoms with Gasteiger partial charge >= 0.3 is 0 Å². The third-order valence-electron chi connectivity index (χ3n) is 2.98. The lowest BCUT2D eigenvalue weighted by Crippen LogP contribution is -2.04. The summed E-state index contributed by atoms with van der Waals surface area (Å²) in [6.45, 7) is 4.17. The largest absolute Gasteiger partial charge is 0.453 e. The molecular formula is C14H12NO. The van der Waals surface area contributed by atoms with Crippen LogP contribution in [0.1, 0.15) is 11.1 Å². The summed E-state index contributed by atoms with van der Waals surface area (Å²) < 4.78 is 5.82. The molecule has 2 heteroatoms. The molecule has 2 aromatic rings. The van der Waals surface area contributed by atoms with Gasteiger partial charge in [-0.25, -0.2) is 5.32 Å². The van der Waals surface area contributed by atoms with Gasteiger partial charge in [0, 0.05) is 0 Å². The van der Waals surface area contributed by atoms with Crippen LogP contribution in [-0.2, 0) is 0 Å². The van der Waals surface area contributed by atoms with Crippen LogP contribution in [0.4, 0.5) is 11.4 Å². The van der Waals surface area contributed by atoms with Crippen LogP contribution < -0.4 is 10.1 Å². The van der Waals surface area contributed by atoms with Gasteiger partial charge < -0.3 is 4.74 Å². The number of para-hydroxylation sites is 2. The lowest BCUT2D eigenvalue weighted by Gasteiger charge is -2.21. The number of benzene rings is 2. The summed E-state index contributed by atoms with van der Waals surface area (Å²) in [6, 6.07) is 11.9. The Labute approximate surface area is 94.9 Å². The second-order valence-electron chi connectivity index (χ2n) is 4.04. The smallest absolute Gasteiger partial charge is 0.153 e. The van der Waals surface area contributed by atoms with Gasteiger partial charge in [-0.1, -0.05) is 18.2 Å². The van der Waals surface area contributed by atoms with Gasteiger partial charge in [-0.05, 0) is 43.2 Å². The summed E-state index contributed by atoms with van der Waals surface area (Å²) in [7, 11) is 0. The molecule has 0 fully saturated rings. The van der Waals surface area contributed by atoms with Crippen molar-refractivity contribution in [1.29, 1.82) is 0 Å². The number of ether oxygens (including phenoxy) is 1. The van der Waals surface area contributed by atoms with E-state index in [-0.39, 0.29) is 0 Å². The molecule has 1 aliphatic rings. The zero-order valence-electron chi connectivity index (χ0n) is 9.32. The van der Waals surface area contributed by atoms with Crippen LogP contribution in [-0.4, -0.2) is 0 Å². The third kappa shape index (κ3) is 1.27. The van der Waals surface area contributed by atoms with E-state index < -0.39 is 0 Å². The maximum atomic E-state index is 5.82. The molecular weight excluding hydrogens is 198 g/mol. The van der Waals surface area contributed by atoms with Crippen molar-refractivity contribution < 1.29 is 4.74 Å². The van der Waals surface area contributed by atoms with E-state index in [4.69, 9.17) is 4.74 Å². The first-order chi connectivity index (χ1) is 7.75. The Hall–Kier alpha value is -1.96. The molecule has 0 aliphatic carbocycles. The van der Waals surface area contributed by atoms with Crippen molar-refractivity contribution in [3.05, 3.63) is 47.5 Å². The quantitative estimate of drug-likeness (QED) is 0.550. The molecule has 0 saturated carbocycles. The fourth-order valence-corrected chi connectivity index (χ4v) is 1.87. The summed E-state index contributed by atoms with van der Waals surface area (Å²) >= 11 is 0. The van der Waals surface area contributed by atoms with Crippen molar-refractivity contribution in [1.82, 2.24) is 5.32 Å². The minimum absolute atomic E-state index is 0.832. The van der Waals surface area contributed by atoms with E-state index in [9.17, 15) is 0 Å². The highest BCUT2D eigenvalue weighted by atomic mass is 16.5. The second kappa shape index (κ2) is 3.27. The van der Waals surface area contributed by atoms with Gasteiger partial charge in [0.25, 0.3) is 0 Å². The summed E-state index contributed by atoms with van der Waals surface area (Å²) in [4.78, 5) is 0. The molecule has 0 bridgehead atoms. The Morgan fingerprint density at radius 1 is 0.938 bits per heavy atom. The maximum absolute atomic E-state index is 5.82. The third-order valence-corrected chi connectivity index (χ3v) is 2.98. The molecule has 2 nitrogen and oxygen atoms in total. The van der Waals surface area contributed by atoms with Crippen LogP contribution in [0.2, 0.25) is 0 Å². The van der Waals surface area contributed by atoms with Gasteiger partial charge in [0.05, 0.1) is 0 Å². The predicted molar refractivity (Wildman–Crippen MR) is 63.9 cm³/mol. The fourth-order valence-electron chi connectivity index (χ4n) is 1.87. The van der Waals surface area contributed by atoms with Crippen LogP contribution in [0, 0.1) is 13.8 Å². The van der Waals surface area contributed by atoms with E-state index in [1.165, 1.54) is 11.1 Å². The normalized spacial score (nSPS) is 12.1. The standard InChI is InChI=1S/C14H12NO/c1-9-7-8-13-14(10(9)2)15-11-5-3-4-6-12(11)16-13/h3-8H,1-2H3. The van der Waals surface area contributed by atoms with E-state index in [2.05, 4.69) is 25.2 Å². The predicted octanol–water partition coefficient (Wildman–Crippen LogP) is 3.98. The Balaban J connectivity index is 2.16. The first-order valence-corrected chi connectivity index (χ1v) is 5.34. The molecule has 1 heterocycles. The van der Waals surface area contributed by atoms with Crippen LogP contribution in [0.5, 0.6) is 11.5 Å². The Morgan fingerprint density at radius 3 is 2.62 bits per heavy atom. The van der Waals surface area contributed by atoms with E-state index in [0.717, 1.165) is 22.9 Å². The zero-order valence-corrected chi connectivity index (χ0v) is 9.32. The number of hydrogen-bond acceptors (Lipinski definition) is 1. The first kappa shape index (κ1) is 9.28. The number of hydrogen-bond donors (Lipinski definition) is 0. The van der Waals surface area contributed by atoms with Crippen molar-refractivity contribution in [2.45, 2.75) is 13.8 Å². The summed E-state index contributed by atoms with van der Waals surface area (Å²) in [5.74, 6) is 1.68. The summed E-state index contributed by atoms with van der Waals surface area (Å²) in [5, 5.41) is 4.64. The average Bonchev–Trinajstić information content (AvgIpc) is 2.32. The SMILES string of the molecule is Cc1ccc2c(c1C)[N]c1ccccc1O2. The highest BCUT2D eigenvalue weighted by Gasteiger charge is 2.19. The van der Waals surface area contributed by atoms with Gasteiger partial charge in [-0.15, -0.1) is 0 Å². The highest BCUT2D eigenvalue weighted by Crippen LogP contribution is 2.43. The topological polar surface area (TPSA) is 23.3 Å². The summed E-state index contributed by atoms with van der Waals surface area (Å²) in [5.41, 5.74) is 4.29. The summed E-state index contributed by atoms with van der Waals surface area (Å²) in [6.07, 6.45) is 0. The lowest BCUT2D eigenvalue weighted by molar-refractivity contribution is 0.470. The highest BCUT2D eigenvalue weighted by molar-refractivity contribution is 5.70. The average molecular weight is 210 g/mol. The molecule has 0 saturated heterocycles. The monoisotopic (exact) mass is 210 g/mol. The van der Waals surface area contributed by atoms with Crippen molar-refractivity contribution in [3.63, 3.8) is 0 Å². The van der Waals surface area contributed by atoms with E-state index in [0.29, 0.717) is 0 Å². The molecule has 1 radical (unpaired) electrons. The van der Waals surface area contributed by atoms with Crippen molar-refractivity contribution >= 4 is 11.4 Å². The molecule has 3 rings (SSSR count). The second-order valence-corrected chi connectivity index (χ2v) is 4.04. The first-order valence-electron chi connectivity index (χ1n) is 5.34.